The van der Waals surface area contributed by atoms with Crippen molar-refractivity contribution in [2.24, 2.45) is 0 Å². The molecule has 0 atom stereocenters. The van der Waals surface area contributed by atoms with Crippen molar-refractivity contribution in [3.63, 3.8) is 0 Å². The number of methoxy groups -OCH3 is 1. The second-order valence-electron chi connectivity index (χ2n) is 5.33. The first kappa shape index (κ1) is 15.8. The average Bonchev–Trinajstić information content (AvgIpc) is 2.54. The summed E-state index contributed by atoms with van der Waals surface area (Å²) in [6, 6.07) is 11.7. The van der Waals surface area contributed by atoms with Crippen molar-refractivity contribution in [1.29, 1.82) is 0 Å². The fourth-order valence-electron chi connectivity index (χ4n) is 2.33. The summed E-state index contributed by atoms with van der Waals surface area (Å²) in [4.78, 5) is 19.2. The van der Waals surface area contributed by atoms with Crippen molar-refractivity contribution >= 4 is 29.0 Å². The summed E-state index contributed by atoms with van der Waals surface area (Å²) < 4.78 is 5.27. The van der Waals surface area contributed by atoms with E-state index in [2.05, 4.69) is 15.2 Å². The van der Waals surface area contributed by atoms with Crippen LogP contribution in [-0.4, -0.2) is 42.9 Å². The van der Waals surface area contributed by atoms with E-state index in [0.717, 1.165) is 29.4 Å². The molecule has 6 heteroatoms. The highest BCUT2D eigenvalue weighted by Gasteiger charge is 2.26. The van der Waals surface area contributed by atoms with E-state index in [9.17, 15) is 4.79 Å². The fraction of sp³-hybridized carbons (Fsp3) is 0.294. The molecule has 2 aromatic rings. The van der Waals surface area contributed by atoms with Crippen LogP contribution in [0, 0.1) is 0 Å². The zero-order chi connectivity index (χ0) is 16.1. The lowest BCUT2D eigenvalue weighted by molar-refractivity contribution is -0.113. The molecule has 0 radical (unpaired) electrons. The minimum absolute atomic E-state index is 0.0111. The molecular weight excluding hydrogens is 310 g/mol. The highest BCUT2D eigenvalue weighted by Crippen LogP contribution is 2.24. The number of thioether (sulfide) groups is 1. The Kier molecular flexibility index (Phi) is 5.15. The highest BCUT2D eigenvalue weighted by atomic mass is 32.2. The van der Waals surface area contributed by atoms with Crippen molar-refractivity contribution < 1.29 is 9.53 Å². The summed E-state index contributed by atoms with van der Waals surface area (Å²) in [5.41, 5.74) is 1.97. The van der Waals surface area contributed by atoms with Crippen LogP contribution in [0.15, 0.2) is 53.7 Å². The van der Waals surface area contributed by atoms with Crippen LogP contribution in [0.5, 0.6) is 0 Å². The molecule has 3 rings (SSSR count). The van der Waals surface area contributed by atoms with E-state index in [1.165, 1.54) is 11.8 Å². The molecule has 0 saturated carbocycles. The molecule has 120 valence electrons. The molecule has 1 aliphatic rings. The number of nitrogens with zero attached hydrogens (tertiary/aromatic N) is 2. The Labute approximate surface area is 140 Å². The molecule has 1 amide bonds. The van der Waals surface area contributed by atoms with Crippen molar-refractivity contribution in [3.05, 3.63) is 48.8 Å². The van der Waals surface area contributed by atoms with E-state index in [1.807, 2.05) is 36.4 Å². The standard InChI is InChI=1S/C17H19N3O2S/c1-22-15-10-20(11-15)14-4-2-13(3-5-14)19-17(21)12-23-16-6-8-18-9-7-16/h2-9,15H,10-12H2,1H3,(H,19,21). The number of amides is 1. The first-order chi connectivity index (χ1) is 11.2. The lowest BCUT2D eigenvalue weighted by Crippen LogP contribution is -2.51. The topological polar surface area (TPSA) is 54.5 Å². The molecule has 2 heterocycles. The molecule has 1 fully saturated rings. The minimum Gasteiger partial charge on any atom is -0.378 e. The maximum Gasteiger partial charge on any atom is 0.234 e. The van der Waals surface area contributed by atoms with E-state index < -0.39 is 0 Å². The molecule has 0 bridgehead atoms. The number of ether oxygens (including phenoxy) is 1. The number of carbonyl (C=O) groups excluding carboxylic acids is 1. The van der Waals surface area contributed by atoms with Crippen LogP contribution in [-0.2, 0) is 9.53 Å². The number of hydrogen-bond donors (Lipinski definition) is 1. The Morgan fingerprint density at radius 3 is 2.61 bits per heavy atom. The number of hydrogen-bond acceptors (Lipinski definition) is 5. The molecule has 1 saturated heterocycles. The molecule has 5 nitrogen and oxygen atoms in total. The van der Waals surface area contributed by atoms with E-state index in [0.29, 0.717) is 11.9 Å². The molecular formula is C17H19N3O2S. The third-order valence-corrected chi connectivity index (χ3v) is 4.73. The second-order valence-corrected chi connectivity index (χ2v) is 6.38. The Morgan fingerprint density at radius 2 is 1.96 bits per heavy atom. The number of anilines is 2. The molecule has 1 aromatic heterocycles. The van der Waals surface area contributed by atoms with Gasteiger partial charge in [-0.3, -0.25) is 9.78 Å². The third-order valence-electron chi connectivity index (χ3n) is 3.72. The Bertz CT molecular complexity index is 643. The van der Waals surface area contributed by atoms with Gasteiger partial charge in [-0.25, -0.2) is 0 Å². The molecule has 0 spiro atoms. The van der Waals surface area contributed by atoms with Crippen LogP contribution in [0.4, 0.5) is 11.4 Å². The smallest absolute Gasteiger partial charge is 0.234 e. The summed E-state index contributed by atoms with van der Waals surface area (Å²) in [6.45, 7) is 1.84. The van der Waals surface area contributed by atoms with E-state index >= 15 is 0 Å². The van der Waals surface area contributed by atoms with Gasteiger partial charge in [0.2, 0.25) is 5.91 Å². The van der Waals surface area contributed by atoms with Gasteiger partial charge in [-0.2, -0.15) is 0 Å². The van der Waals surface area contributed by atoms with Crippen LogP contribution >= 0.6 is 11.8 Å². The van der Waals surface area contributed by atoms with Gasteiger partial charge in [0.25, 0.3) is 0 Å². The van der Waals surface area contributed by atoms with Crippen LogP contribution in [0.1, 0.15) is 0 Å². The zero-order valence-corrected chi connectivity index (χ0v) is 13.8. The summed E-state index contributed by atoms with van der Waals surface area (Å²) in [7, 11) is 1.74. The van der Waals surface area contributed by atoms with Crippen molar-refractivity contribution in [2.45, 2.75) is 11.0 Å². The van der Waals surface area contributed by atoms with Crippen LogP contribution in [0.25, 0.3) is 0 Å². The normalized spacial score (nSPS) is 14.4. The maximum absolute atomic E-state index is 12.0. The second kappa shape index (κ2) is 7.48. The van der Waals surface area contributed by atoms with Gasteiger partial charge in [0.15, 0.2) is 0 Å². The van der Waals surface area contributed by atoms with Gasteiger partial charge >= 0.3 is 0 Å². The van der Waals surface area contributed by atoms with Gasteiger partial charge in [-0.05, 0) is 36.4 Å². The van der Waals surface area contributed by atoms with Gasteiger partial charge in [-0.15, -0.1) is 11.8 Å². The van der Waals surface area contributed by atoms with Gasteiger partial charge < -0.3 is 15.0 Å². The Hall–Kier alpha value is -2.05. The molecule has 0 aliphatic carbocycles. The lowest BCUT2D eigenvalue weighted by Gasteiger charge is -2.40. The predicted molar refractivity (Wildman–Crippen MR) is 93.0 cm³/mol. The number of aromatic nitrogens is 1. The monoisotopic (exact) mass is 329 g/mol. The van der Waals surface area contributed by atoms with Gasteiger partial charge in [-0.1, -0.05) is 0 Å². The largest absolute Gasteiger partial charge is 0.378 e. The molecule has 1 aliphatic heterocycles. The number of benzene rings is 1. The number of carbonyl (C=O) groups is 1. The Morgan fingerprint density at radius 1 is 1.26 bits per heavy atom. The molecule has 1 aromatic carbocycles. The number of pyridine rings is 1. The van der Waals surface area contributed by atoms with Crippen molar-refractivity contribution in [1.82, 2.24) is 4.98 Å². The predicted octanol–water partition coefficient (Wildman–Crippen LogP) is 2.65. The maximum atomic E-state index is 12.0. The summed E-state index contributed by atoms with van der Waals surface area (Å²) in [5.74, 6) is 0.371. The van der Waals surface area contributed by atoms with E-state index in [4.69, 9.17) is 4.74 Å². The molecule has 0 unspecified atom stereocenters. The third kappa shape index (κ3) is 4.24. The SMILES string of the molecule is COC1CN(c2ccc(NC(=O)CSc3ccncc3)cc2)C1. The van der Waals surface area contributed by atoms with Crippen LogP contribution in [0.3, 0.4) is 0 Å². The minimum atomic E-state index is -0.0111. The zero-order valence-electron chi connectivity index (χ0n) is 12.9. The van der Waals surface area contributed by atoms with E-state index in [-0.39, 0.29) is 5.91 Å². The quantitative estimate of drug-likeness (QED) is 0.826. The number of nitrogens with one attached hydrogen (secondary N) is 1. The van der Waals surface area contributed by atoms with E-state index in [1.54, 1.807) is 19.5 Å². The number of rotatable bonds is 6. The van der Waals surface area contributed by atoms with Gasteiger partial charge in [0, 0.05) is 48.9 Å². The first-order valence-electron chi connectivity index (χ1n) is 7.45. The highest BCUT2D eigenvalue weighted by molar-refractivity contribution is 8.00. The first-order valence-corrected chi connectivity index (χ1v) is 8.43. The summed E-state index contributed by atoms with van der Waals surface area (Å²) in [6.07, 6.45) is 3.78. The summed E-state index contributed by atoms with van der Waals surface area (Å²) in [5, 5.41) is 2.92. The molecule has 1 N–H and O–H groups in total. The molecule has 23 heavy (non-hydrogen) atoms. The average molecular weight is 329 g/mol. The lowest BCUT2D eigenvalue weighted by atomic mass is 10.1. The van der Waals surface area contributed by atoms with Crippen molar-refractivity contribution in [3.8, 4) is 0 Å². The van der Waals surface area contributed by atoms with Crippen LogP contribution < -0.4 is 10.2 Å². The summed E-state index contributed by atoms with van der Waals surface area (Å²) >= 11 is 1.50. The van der Waals surface area contributed by atoms with Crippen LogP contribution in [0.2, 0.25) is 0 Å². The van der Waals surface area contributed by atoms with Gasteiger partial charge in [0.05, 0.1) is 11.9 Å². The Balaban J connectivity index is 1.47. The fourth-order valence-corrected chi connectivity index (χ4v) is 3.02. The van der Waals surface area contributed by atoms with Gasteiger partial charge in [0.1, 0.15) is 0 Å². The van der Waals surface area contributed by atoms with Crippen molar-refractivity contribution in [2.75, 3.05) is 36.2 Å².